The number of phenols is 3. The number of fused-ring (bicyclic) bond motifs is 6. The molecule has 0 aliphatic carbocycles. The molecule has 0 amide bonds. The van der Waals surface area contributed by atoms with Gasteiger partial charge >= 0.3 is 0 Å². The van der Waals surface area contributed by atoms with Crippen molar-refractivity contribution in [2.24, 2.45) is 0 Å². The number of nitrogens with zero attached hydrogens (tertiary/aromatic N) is 3. The topological polar surface area (TPSA) is 126 Å². The third kappa shape index (κ3) is 3.77. The number of aromatic hydroxyl groups is 3. The predicted molar refractivity (Wildman–Crippen MR) is 171 cm³/mol. The van der Waals surface area contributed by atoms with Crippen molar-refractivity contribution in [3.8, 4) is 51.4 Å². The molecule has 5 aromatic carbocycles. The molecule has 0 spiro atoms. The van der Waals surface area contributed by atoms with Gasteiger partial charge in [0.05, 0.1) is 11.1 Å². The van der Waals surface area contributed by atoms with Gasteiger partial charge in [-0.25, -0.2) is 15.0 Å². The maximum absolute atomic E-state index is 11.0. The first-order valence-electron chi connectivity index (χ1n) is 13.4. The molecule has 3 aromatic heterocycles. The van der Waals surface area contributed by atoms with Crippen molar-refractivity contribution in [2.45, 2.75) is 0 Å². The summed E-state index contributed by atoms with van der Waals surface area (Å²) in [7, 11) is 12.0. The summed E-state index contributed by atoms with van der Waals surface area (Å²) in [5.41, 5.74) is 2.52. The molecule has 3 heterocycles. The fourth-order valence-corrected chi connectivity index (χ4v) is 5.78. The van der Waals surface area contributed by atoms with E-state index in [0.717, 1.165) is 16.2 Å². The molecule has 0 saturated heterocycles. The normalized spacial score (nSPS) is 11.8. The minimum atomic E-state index is -0.757. The van der Waals surface area contributed by atoms with E-state index in [9.17, 15) is 15.3 Å². The van der Waals surface area contributed by atoms with E-state index >= 15 is 0 Å². The molecule has 0 unspecified atom stereocenters. The van der Waals surface area contributed by atoms with Crippen LogP contribution in [-0.2, 0) is 0 Å². The van der Waals surface area contributed by atoms with Crippen LogP contribution in [0.1, 0.15) is 0 Å². The Morgan fingerprint density at radius 3 is 2.07 bits per heavy atom. The third-order valence-corrected chi connectivity index (χ3v) is 7.93. The molecule has 0 aliphatic rings. The fraction of sp³-hybridized carbons (Fsp3) is 0. The van der Waals surface area contributed by atoms with Gasteiger partial charge in [0.25, 0.3) is 0 Å². The predicted octanol–water partition coefficient (Wildman–Crippen LogP) is 6.03. The molecule has 0 saturated carbocycles. The Kier molecular flexibility index (Phi) is 5.66. The third-order valence-electron chi connectivity index (χ3n) is 7.70. The standard InChI is InChI=1S/C33H16B2ClN3O5/c34-25-24(27(40)29(42)26(35)28(25)41)33-38-31(17-7-4-10-22-23(17)19-13-14(36)11-12-21(19)43-22)37-32(39-33)18-8-3-6-16-15-5-1-2-9-20(15)44-30(16)18/h1-13,40-42H. The monoisotopic (exact) mass is 591 g/mol. The molecule has 11 heteroatoms. The highest BCUT2D eigenvalue weighted by atomic mass is 35.5. The van der Waals surface area contributed by atoms with Crippen LogP contribution < -0.4 is 10.9 Å². The molecule has 8 nitrogen and oxygen atoms in total. The molecular weight excluding hydrogens is 575 g/mol. The molecule has 206 valence electrons. The molecule has 44 heavy (non-hydrogen) atoms. The quantitative estimate of drug-likeness (QED) is 0.129. The van der Waals surface area contributed by atoms with E-state index in [1.54, 1.807) is 24.3 Å². The van der Waals surface area contributed by atoms with Crippen LogP contribution in [0.2, 0.25) is 5.02 Å². The number of furan rings is 2. The first-order valence-corrected chi connectivity index (χ1v) is 13.8. The highest BCUT2D eigenvalue weighted by molar-refractivity contribution is 6.45. The van der Waals surface area contributed by atoms with E-state index in [-0.39, 0.29) is 28.5 Å². The SMILES string of the molecule is [B]c1c(O)c([B])c(-c2nc(-c3cccc4c3oc3ccccc34)nc(-c3cccc4oc5ccc(Cl)cc5c34)n2)c(O)c1O. The van der Waals surface area contributed by atoms with Crippen molar-refractivity contribution in [2.75, 3.05) is 0 Å². The van der Waals surface area contributed by atoms with Crippen molar-refractivity contribution in [3.63, 3.8) is 0 Å². The average Bonchev–Trinajstić information content (AvgIpc) is 3.61. The summed E-state index contributed by atoms with van der Waals surface area (Å²) in [6, 6.07) is 24.0. The number of hydrogen-bond acceptors (Lipinski definition) is 8. The fourth-order valence-electron chi connectivity index (χ4n) is 5.61. The molecule has 4 radical (unpaired) electrons. The lowest BCUT2D eigenvalue weighted by Crippen LogP contribution is -2.19. The lowest BCUT2D eigenvalue weighted by atomic mass is 9.80. The van der Waals surface area contributed by atoms with Gasteiger partial charge < -0.3 is 24.2 Å². The Morgan fingerprint density at radius 2 is 1.23 bits per heavy atom. The molecule has 8 rings (SSSR count). The van der Waals surface area contributed by atoms with Gasteiger partial charge in [-0.2, -0.15) is 0 Å². The van der Waals surface area contributed by atoms with Gasteiger partial charge in [0, 0.05) is 32.1 Å². The van der Waals surface area contributed by atoms with Gasteiger partial charge in [0.15, 0.2) is 29.0 Å². The van der Waals surface area contributed by atoms with E-state index in [2.05, 4.69) is 9.97 Å². The Labute approximate surface area is 256 Å². The van der Waals surface area contributed by atoms with Crippen molar-refractivity contribution in [1.82, 2.24) is 15.0 Å². The summed E-state index contributed by atoms with van der Waals surface area (Å²) in [6.45, 7) is 0. The van der Waals surface area contributed by atoms with Crippen LogP contribution in [-0.4, -0.2) is 46.0 Å². The van der Waals surface area contributed by atoms with Crippen molar-refractivity contribution < 1.29 is 24.2 Å². The second kappa shape index (κ2) is 9.52. The number of halogens is 1. The van der Waals surface area contributed by atoms with Crippen LogP contribution in [0.4, 0.5) is 0 Å². The maximum atomic E-state index is 11.0. The molecule has 3 N–H and O–H groups in total. The lowest BCUT2D eigenvalue weighted by molar-refractivity contribution is 0.403. The molecule has 0 atom stereocenters. The van der Waals surface area contributed by atoms with Crippen LogP contribution in [0.5, 0.6) is 17.2 Å². The molecule has 8 aromatic rings. The van der Waals surface area contributed by atoms with Crippen LogP contribution >= 0.6 is 11.6 Å². The second-order valence-electron chi connectivity index (χ2n) is 10.3. The summed E-state index contributed by atoms with van der Waals surface area (Å²) < 4.78 is 12.3. The van der Waals surface area contributed by atoms with Gasteiger partial charge in [-0.15, -0.1) is 0 Å². The van der Waals surface area contributed by atoms with Gasteiger partial charge in [0.2, 0.25) is 0 Å². The van der Waals surface area contributed by atoms with Crippen molar-refractivity contribution >= 4 is 82.1 Å². The largest absolute Gasteiger partial charge is 0.509 e. The number of aromatic nitrogens is 3. The van der Waals surface area contributed by atoms with Crippen LogP contribution in [0.3, 0.4) is 0 Å². The van der Waals surface area contributed by atoms with E-state index in [1.807, 2.05) is 54.6 Å². The van der Waals surface area contributed by atoms with Crippen LogP contribution in [0, 0.1) is 0 Å². The highest BCUT2D eigenvalue weighted by Gasteiger charge is 2.25. The Balaban J connectivity index is 1.48. The minimum absolute atomic E-state index is 0.124. The molecule has 0 aliphatic heterocycles. The first kappa shape index (κ1) is 26.2. The Bertz CT molecular complexity index is 2460. The molecule has 0 fully saturated rings. The first-order chi connectivity index (χ1) is 21.3. The maximum Gasteiger partial charge on any atom is 0.167 e. The van der Waals surface area contributed by atoms with Crippen LogP contribution in [0.25, 0.3) is 78.0 Å². The summed E-state index contributed by atoms with van der Waals surface area (Å²) >= 11 is 6.36. The van der Waals surface area contributed by atoms with Gasteiger partial charge in [-0.3, -0.25) is 0 Å². The zero-order valence-electron chi connectivity index (χ0n) is 22.5. The van der Waals surface area contributed by atoms with Gasteiger partial charge in [0.1, 0.15) is 43.8 Å². The smallest absolute Gasteiger partial charge is 0.167 e. The van der Waals surface area contributed by atoms with Gasteiger partial charge in [-0.05, 0) is 47.3 Å². The summed E-state index contributed by atoms with van der Waals surface area (Å²) in [5, 5.41) is 35.8. The number of rotatable bonds is 3. The van der Waals surface area contributed by atoms with E-state index in [4.69, 9.17) is 41.1 Å². The minimum Gasteiger partial charge on any atom is -0.509 e. The van der Waals surface area contributed by atoms with Crippen LogP contribution in [0.15, 0.2) is 87.7 Å². The summed E-state index contributed by atoms with van der Waals surface area (Å²) in [5.74, 6) is -1.81. The second-order valence-corrected chi connectivity index (χ2v) is 10.7. The summed E-state index contributed by atoms with van der Waals surface area (Å²) in [6.07, 6.45) is 0. The number of phenolic OH excluding ortho intramolecular Hbond substituents is 3. The summed E-state index contributed by atoms with van der Waals surface area (Å²) in [4.78, 5) is 14.2. The zero-order valence-corrected chi connectivity index (χ0v) is 23.3. The Hall–Kier alpha value is -5.47. The molecule has 0 bridgehead atoms. The van der Waals surface area contributed by atoms with E-state index in [0.29, 0.717) is 43.9 Å². The highest BCUT2D eigenvalue weighted by Crippen LogP contribution is 2.41. The zero-order chi connectivity index (χ0) is 30.3. The molecular formula is C33H16B2ClN3O5. The van der Waals surface area contributed by atoms with Crippen molar-refractivity contribution in [1.29, 1.82) is 0 Å². The Morgan fingerprint density at radius 1 is 0.568 bits per heavy atom. The number of para-hydroxylation sites is 2. The van der Waals surface area contributed by atoms with Gasteiger partial charge in [-0.1, -0.05) is 54.1 Å². The van der Waals surface area contributed by atoms with E-state index < -0.39 is 22.7 Å². The van der Waals surface area contributed by atoms with Crippen molar-refractivity contribution in [3.05, 3.63) is 83.9 Å². The number of hydrogen-bond donors (Lipinski definition) is 3. The van der Waals surface area contributed by atoms with E-state index in [1.165, 1.54) is 0 Å². The average molecular weight is 592 g/mol. The lowest BCUT2D eigenvalue weighted by Gasteiger charge is -2.16. The number of benzene rings is 5.